The predicted octanol–water partition coefficient (Wildman–Crippen LogP) is -0.328. The molecule has 1 fully saturated rings. The van der Waals surface area contributed by atoms with E-state index in [4.69, 9.17) is 10.1 Å². The molecule has 0 aromatic rings. The van der Waals surface area contributed by atoms with Crippen LogP contribution in [0.3, 0.4) is 0 Å². The Morgan fingerprint density at radius 3 is 2.85 bits per heavy atom. The van der Waals surface area contributed by atoms with Crippen molar-refractivity contribution in [3.8, 4) is 0 Å². The Hall–Kier alpha value is -1.04. The van der Waals surface area contributed by atoms with Gasteiger partial charge in [0.05, 0.1) is 6.61 Å². The van der Waals surface area contributed by atoms with Gasteiger partial charge in [-0.1, -0.05) is 6.92 Å². The molecule has 1 unspecified atom stereocenters. The molecule has 0 amide bonds. The van der Waals surface area contributed by atoms with Crippen molar-refractivity contribution in [2.45, 2.75) is 6.92 Å². The van der Waals surface area contributed by atoms with Crippen LogP contribution in [0.5, 0.6) is 0 Å². The molecule has 6 heteroatoms. The van der Waals surface area contributed by atoms with E-state index in [-0.39, 0.29) is 10.8 Å². The van der Waals surface area contributed by atoms with Gasteiger partial charge in [-0.05, 0) is 0 Å². The van der Waals surface area contributed by atoms with E-state index in [1.807, 2.05) is 6.92 Å². The summed E-state index contributed by atoms with van der Waals surface area (Å²) in [6.07, 6.45) is 0.782. The summed E-state index contributed by atoms with van der Waals surface area (Å²) >= 11 is 0. The molecule has 0 spiro atoms. The van der Waals surface area contributed by atoms with Crippen molar-refractivity contribution in [3.63, 3.8) is 0 Å². The Morgan fingerprint density at radius 2 is 2.46 bits per heavy atom. The lowest BCUT2D eigenvalue weighted by Crippen LogP contribution is -2.33. The average Bonchev–Trinajstić information content (AvgIpc) is 2.09. The number of ether oxygens (including phenoxy) is 1. The van der Waals surface area contributed by atoms with Crippen molar-refractivity contribution in [1.29, 1.82) is 5.41 Å². The Labute approximate surface area is 78.2 Å². The molecule has 1 rings (SSSR count). The molecule has 74 valence electrons. The third kappa shape index (κ3) is 2.45. The van der Waals surface area contributed by atoms with Gasteiger partial charge in [0.15, 0.2) is 10.7 Å². The third-order valence-corrected chi connectivity index (χ3v) is 2.41. The standard InChI is InChI=1S/C7H12N2O3S/c1-5-3-9-7(12-4-5)6(2-8)13(10)11/h2,5,8-9,13H,3-4H2,1H3/b7-6-,8-2?. The molecule has 2 N–H and O–H groups in total. The Kier molecular flexibility index (Phi) is 3.30. The number of thiol groups is 1. The zero-order valence-corrected chi connectivity index (χ0v) is 8.14. The lowest BCUT2D eigenvalue weighted by atomic mass is 10.2. The smallest absolute Gasteiger partial charge is 0.207 e. The second-order valence-electron chi connectivity index (χ2n) is 2.91. The first-order valence-electron chi connectivity index (χ1n) is 3.91. The first kappa shape index (κ1) is 10.0. The van der Waals surface area contributed by atoms with Gasteiger partial charge in [-0.2, -0.15) is 0 Å². The highest BCUT2D eigenvalue weighted by Crippen LogP contribution is 2.10. The number of rotatable bonds is 2. The largest absolute Gasteiger partial charge is 0.478 e. The van der Waals surface area contributed by atoms with Crippen LogP contribution in [-0.4, -0.2) is 27.8 Å². The van der Waals surface area contributed by atoms with Crippen molar-refractivity contribution < 1.29 is 13.2 Å². The van der Waals surface area contributed by atoms with Crippen LogP contribution in [0.1, 0.15) is 6.92 Å². The van der Waals surface area contributed by atoms with E-state index in [1.54, 1.807) is 0 Å². The normalized spacial score (nSPS) is 26.2. The highest BCUT2D eigenvalue weighted by atomic mass is 32.2. The maximum atomic E-state index is 10.6. The summed E-state index contributed by atoms with van der Waals surface area (Å²) in [5, 5.41) is 9.71. The monoisotopic (exact) mass is 204 g/mol. The summed E-state index contributed by atoms with van der Waals surface area (Å²) in [5.41, 5.74) is 0. The number of hydrogen-bond acceptors (Lipinski definition) is 5. The molecular formula is C7H12N2O3S. The van der Waals surface area contributed by atoms with E-state index in [9.17, 15) is 8.42 Å². The lowest BCUT2D eigenvalue weighted by Gasteiger charge is -2.23. The van der Waals surface area contributed by atoms with E-state index in [2.05, 4.69) is 5.32 Å². The minimum Gasteiger partial charge on any atom is -0.478 e. The maximum absolute atomic E-state index is 10.6. The van der Waals surface area contributed by atoms with E-state index in [1.165, 1.54) is 0 Å². The van der Waals surface area contributed by atoms with E-state index >= 15 is 0 Å². The van der Waals surface area contributed by atoms with E-state index in [0.717, 1.165) is 6.21 Å². The summed E-state index contributed by atoms with van der Waals surface area (Å²) in [4.78, 5) is -0.0955. The summed E-state index contributed by atoms with van der Waals surface area (Å²) in [6, 6.07) is 0. The van der Waals surface area contributed by atoms with Crippen molar-refractivity contribution in [2.75, 3.05) is 13.2 Å². The highest BCUT2D eigenvalue weighted by molar-refractivity contribution is 7.77. The van der Waals surface area contributed by atoms with Crippen LogP contribution in [0.25, 0.3) is 0 Å². The SMILES string of the molecule is CC1CN/C(=C(\C=N)[SH](=O)=O)OC1. The van der Waals surface area contributed by atoms with Crippen LogP contribution >= 0.6 is 0 Å². The Balaban J connectivity index is 2.84. The molecular weight excluding hydrogens is 192 g/mol. The molecule has 13 heavy (non-hydrogen) atoms. The summed E-state index contributed by atoms with van der Waals surface area (Å²) in [7, 11) is -2.75. The van der Waals surface area contributed by atoms with Crippen LogP contribution in [0, 0.1) is 11.3 Å². The van der Waals surface area contributed by atoms with Crippen molar-refractivity contribution in [3.05, 3.63) is 10.8 Å². The summed E-state index contributed by atoms with van der Waals surface area (Å²) in [5.74, 6) is 0.560. The first-order valence-corrected chi connectivity index (χ1v) is 5.08. The fraction of sp³-hybridized carbons (Fsp3) is 0.571. The number of allylic oxidation sites excluding steroid dienone is 1. The molecule has 1 heterocycles. The lowest BCUT2D eigenvalue weighted by molar-refractivity contribution is 0.118. The minimum atomic E-state index is -2.75. The molecule has 1 atom stereocenters. The molecule has 0 radical (unpaired) electrons. The molecule has 0 bridgehead atoms. The third-order valence-electron chi connectivity index (χ3n) is 1.69. The molecule has 1 saturated heterocycles. The molecule has 1 aliphatic heterocycles. The van der Waals surface area contributed by atoms with Crippen LogP contribution in [0.2, 0.25) is 0 Å². The van der Waals surface area contributed by atoms with Gasteiger partial charge in [0.25, 0.3) is 0 Å². The molecule has 1 aliphatic rings. The van der Waals surface area contributed by atoms with Crippen LogP contribution in [0.15, 0.2) is 10.8 Å². The van der Waals surface area contributed by atoms with Gasteiger partial charge in [-0.3, -0.25) is 0 Å². The van der Waals surface area contributed by atoms with Gasteiger partial charge >= 0.3 is 0 Å². The molecule has 0 aliphatic carbocycles. The Morgan fingerprint density at radius 1 is 1.77 bits per heavy atom. The highest BCUT2D eigenvalue weighted by Gasteiger charge is 2.16. The predicted molar refractivity (Wildman–Crippen MR) is 49.2 cm³/mol. The molecule has 5 nitrogen and oxygen atoms in total. The topological polar surface area (TPSA) is 79.3 Å². The molecule has 0 aromatic heterocycles. The second kappa shape index (κ2) is 4.27. The molecule has 0 saturated carbocycles. The summed E-state index contributed by atoms with van der Waals surface area (Å²) < 4.78 is 26.4. The van der Waals surface area contributed by atoms with Crippen LogP contribution in [-0.2, 0) is 15.4 Å². The van der Waals surface area contributed by atoms with E-state index in [0.29, 0.717) is 19.1 Å². The van der Waals surface area contributed by atoms with Crippen molar-refractivity contribution >= 4 is 16.9 Å². The average molecular weight is 204 g/mol. The van der Waals surface area contributed by atoms with Crippen LogP contribution < -0.4 is 5.32 Å². The zero-order chi connectivity index (χ0) is 9.84. The number of hydrogen-bond donors (Lipinski definition) is 3. The fourth-order valence-electron chi connectivity index (χ4n) is 0.968. The number of nitrogens with one attached hydrogen (secondary N) is 2. The van der Waals surface area contributed by atoms with Gasteiger partial charge in [0.2, 0.25) is 5.88 Å². The van der Waals surface area contributed by atoms with Gasteiger partial charge in [0, 0.05) is 18.7 Å². The van der Waals surface area contributed by atoms with Crippen molar-refractivity contribution in [1.82, 2.24) is 5.32 Å². The van der Waals surface area contributed by atoms with Gasteiger partial charge in [-0.25, -0.2) is 8.42 Å². The second-order valence-corrected chi connectivity index (χ2v) is 3.91. The summed E-state index contributed by atoms with van der Waals surface area (Å²) in [6.45, 7) is 3.16. The van der Waals surface area contributed by atoms with Crippen molar-refractivity contribution in [2.24, 2.45) is 5.92 Å². The molecule has 0 aromatic carbocycles. The zero-order valence-electron chi connectivity index (χ0n) is 7.24. The van der Waals surface area contributed by atoms with Gasteiger partial charge in [0.1, 0.15) is 4.91 Å². The maximum Gasteiger partial charge on any atom is 0.207 e. The fourth-order valence-corrected chi connectivity index (χ4v) is 1.38. The Bertz CT molecular complexity index is 291. The van der Waals surface area contributed by atoms with Gasteiger partial charge in [-0.15, -0.1) is 0 Å². The van der Waals surface area contributed by atoms with E-state index < -0.39 is 10.7 Å². The van der Waals surface area contributed by atoms with Gasteiger partial charge < -0.3 is 15.5 Å². The van der Waals surface area contributed by atoms with Crippen LogP contribution in [0.4, 0.5) is 0 Å². The quantitative estimate of drug-likeness (QED) is 0.425. The first-order chi connectivity index (χ1) is 6.15. The minimum absolute atomic E-state index is 0.0955.